The van der Waals surface area contributed by atoms with Gasteiger partial charge in [-0.1, -0.05) is 29.8 Å². The molecule has 0 aliphatic heterocycles. The van der Waals surface area contributed by atoms with E-state index in [1.165, 1.54) is 18.0 Å². The van der Waals surface area contributed by atoms with Gasteiger partial charge in [0.2, 0.25) is 0 Å². The number of hydrogen-bond donors (Lipinski definition) is 0. The van der Waals surface area contributed by atoms with E-state index in [0.717, 1.165) is 10.5 Å². The van der Waals surface area contributed by atoms with Crippen LogP contribution in [0.2, 0.25) is 0 Å². The summed E-state index contributed by atoms with van der Waals surface area (Å²) in [4.78, 5) is 13.2. The van der Waals surface area contributed by atoms with Crippen LogP contribution in [0.4, 0.5) is 0 Å². The lowest BCUT2D eigenvalue weighted by Crippen LogP contribution is -2.02. The predicted molar refractivity (Wildman–Crippen MR) is 85.8 cm³/mol. The summed E-state index contributed by atoms with van der Waals surface area (Å²) in [6, 6.07) is 14.1. The molecule has 110 valence electrons. The highest BCUT2D eigenvalue weighted by Gasteiger charge is 2.08. The first-order valence-corrected chi connectivity index (χ1v) is 9.27. The van der Waals surface area contributed by atoms with Gasteiger partial charge in [0.1, 0.15) is 0 Å². The van der Waals surface area contributed by atoms with E-state index in [-0.39, 0.29) is 10.7 Å². The van der Waals surface area contributed by atoms with Crippen molar-refractivity contribution in [2.45, 2.75) is 16.7 Å². The van der Waals surface area contributed by atoms with Crippen molar-refractivity contribution in [2.24, 2.45) is 0 Å². The predicted octanol–water partition coefficient (Wildman–Crippen LogP) is 3.37. The van der Waals surface area contributed by atoms with Crippen LogP contribution in [0.3, 0.4) is 0 Å². The molecule has 0 aliphatic rings. The molecule has 0 amide bonds. The molecule has 0 bridgehead atoms. The van der Waals surface area contributed by atoms with Crippen molar-refractivity contribution in [1.82, 2.24) is 0 Å². The Morgan fingerprint density at radius 2 is 1.57 bits per heavy atom. The van der Waals surface area contributed by atoms with Crippen molar-refractivity contribution in [3.63, 3.8) is 0 Å². The molecule has 0 N–H and O–H groups in total. The number of rotatable bonds is 5. The van der Waals surface area contributed by atoms with Gasteiger partial charge in [-0.15, -0.1) is 11.8 Å². The van der Waals surface area contributed by atoms with Gasteiger partial charge in [0.05, 0.1) is 10.6 Å². The first kappa shape index (κ1) is 15.8. The van der Waals surface area contributed by atoms with Crippen molar-refractivity contribution in [3.05, 3.63) is 59.7 Å². The van der Waals surface area contributed by atoms with Crippen molar-refractivity contribution in [2.75, 3.05) is 12.0 Å². The Kier molecular flexibility index (Phi) is 4.85. The Bertz CT molecular complexity index is 730. The van der Waals surface area contributed by atoms with Gasteiger partial charge < -0.3 is 0 Å². The second-order valence-corrected chi connectivity index (χ2v) is 7.89. The molecule has 0 heterocycles. The molecule has 0 aliphatic carbocycles. The highest BCUT2D eigenvalue weighted by molar-refractivity contribution is 8.00. The fourth-order valence-electron chi connectivity index (χ4n) is 1.75. The smallest absolute Gasteiger partial charge is 0.175 e. The molecule has 2 aromatic carbocycles. The summed E-state index contributed by atoms with van der Waals surface area (Å²) in [7, 11) is -3.17. The Balaban J connectivity index is 2.00. The standard InChI is InChI=1S/C16H16O3S2/c1-12-3-5-13(6-4-12)16(17)11-20-14-7-9-15(10-8-14)21(2,18)19/h3-10H,11H2,1-2H3. The number of benzene rings is 2. The molecule has 2 aromatic rings. The molecule has 21 heavy (non-hydrogen) atoms. The summed E-state index contributed by atoms with van der Waals surface area (Å²) in [5.74, 6) is 0.397. The van der Waals surface area contributed by atoms with Crippen LogP contribution in [0.1, 0.15) is 15.9 Å². The third kappa shape index (κ3) is 4.44. The van der Waals surface area contributed by atoms with Gasteiger partial charge in [0, 0.05) is 16.7 Å². The van der Waals surface area contributed by atoms with Crippen molar-refractivity contribution in [1.29, 1.82) is 0 Å². The van der Waals surface area contributed by atoms with Gasteiger partial charge in [0.25, 0.3) is 0 Å². The maximum atomic E-state index is 12.0. The number of aryl methyl sites for hydroxylation is 1. The lowest BCUT2D eigenvalue weighted by atomic mass is 10.1. The minimum atomic E-state index is -3.17. The van der Waals surface area contributed by atoms with Crippen molar-refractivity contribution < 1.29 is 13.2 Å². The maximum Gasteiger partial charge on any atom is 0.175 e. The number of hydrogen-bond acceptors (Lipinski definition) is 4. The third-order valence-electron chi connectivity index (χ3n) is 3.00. The summed E-state index contributed by atoms with van der Waals surface area (Å²) >= 11 is 1.40. The molecular weight excluding hydrogens is 304 g/mol. The highest BCUT2D eigenvalue weighted by atomic mass is 32.2. The monoisotopic (exact) mass is 320 g/mol. The summed E-state index contributed by atoms with van der Waals surface area (Å²) in [6.07, 6.45) is 1.18. The van der Waals surface area contributed by atoms with Crippen LogP contribution in [-0.4, -0.2) is 26.2 Å². The quantitative estimate of drug-likeness (QED) is 0.626. The summed E-state index contributed by atoms with van der Waals surface area (Å²) in [5.41, 5.74) is 1.82. The van der Waals surface area contributed by atoms with Gasteiger partial charge in [-0.2, -0.15) is 0 Å². The van der Waals surface area contributed by atoms with Crippen LogP contribution >= 0.6 is 11.8 Å². The van der Waals surface area contributed by atoms with Crippen LogP contribution in [0.25, 0.3) is 0 Å². The zero-order valence-corrected chi connectivity index (χ0v) is 13.5. The average molecular weight is 320 g/mol. The highest BCUT2D eigenvalue weighted by Crippen LogP contribution is 2.21. The van der Waals surface area contributed by atoms with E-state index >= 15 is 0 Å². The van der Waals surface area contributed by atoms with Crippen LogP contribution in [0.5, 0.6) is 0 Å². The van der Waals surface area contributed by atoms with Crippen LogP contribution in [-0.2, 0) is 9.84 Å². The topological polar surface area (TPSA) is 51.2 Å². The van der Waals surface area contributed by atoms with Gasteiger partial charge in [-0.05, 0) is 31.2 Å². The minimum absolute atomic E-state index is 0.0622. The molecule has 0 aromatic heterocycles. The number of Topliss-reactive ketones (excluding diaryl/α,β-unsaturated/α-hetero) is 1. The van der Waals surface area contributed by atoms with E-state index in [1.54, 1.807) is 24.3 Å². The van der Waals surface area contributed by atoms with Gasteiger partial charge >= 0.3 is 0 Å². The molecule has 0 atom stereocenters. The average Bonchev–Trinajstić information content (AvgIpc) is 2.45. The van der Waals surface area contributed by atoms with Gasteiger partial charge in [-0.3, -0.25) is 4.79 Å². The molecule has 5 heteroatoms. The molecule has 0 spiro atoms. The fraction of sp³-hybridized carbons (Fsp3) is 0.188. The van der Waals surface area contributed by atoms with Crippen LogP contribution in [0.15, 0.2) is 58.3 Å². The Hall–Kier alpha value is -1.59. The molecular formula is C16H16O3S2. The number of thioether (sulfide) groups is 1. The summed E-state index contributed by atoms with van der Waals surface area (Å²) in [5, 5.41) is 0. The normalized spacial score (nSPS) is 11.3. The van der Waals surface area contributed by atoms with E-state index in [4.69, 9.17) is 0 Å². The van der Waals surface area contributed by atoms with E-state index in [1.807, 2.05) is 31.2 Å². The third-order valence-corrected chi connectivity index (χ3v) is 5.14. The van der Waals surface area contributed by atoms with E-state index < -0.39 is 9.84 Å². The minimum Gasteiger partial charge on any atom is -0.293 e. The number of carbonyl (C=O) groups is 1. The first-order valence-electron chi connectivity index (χ1n) is 6.39. The van der Waals surface area contributed by atoms with Crippen molar-refractivity contribution >= 4 is 27.4 Å². The maximum absolute atomic E-state index is 12.0. The summed E-state index contributed by atoms with van der Waals surface area (Å²) < 4.78 is 22.7. The zero-order chi connectivity index (χ0) is 15.5. The first-order chi connectivity index (χ1) is 9.86. The molecule has 0 saturated heterocycles. The molecule has 0 fully saturated rings. The van der Waals surface area contributed by atoms with E-state index in [9.17, 15) is 13.2 Å². The number of carbonyl (C=O) groups excluding carboxylic acids is 1. The molecule has 0 unspecified atom stereocenters. The lowest BCUT2D eigenvalue weighted by molar-refractivity contribution is 0.102. The zero-order valence-electron chi connectivity index (χ0n) is 11.9. The van der Waals surface area contributed by atoms with Gasteiger partial charge in [0.15, 0.2) is 15.6 Å². The second-order valence-electron chi connectivity index (χ2n) is 4.82. The van der Waals surface area contributed by atoms with Crippen LogP contribution < -0.4 is 0 Å². The SMILES string of the molecule is Cc1ccc(C(=O)CSc2ccc(S(C)(=O)=O)cc2)cc1. The lowest BCUT2D eigenvalue weighted by Gasteiger charge is -2.03. The molecule has 2 rings (SSSR count). The van der Waals surface area contributed by atoms with E-state index in [2.05, 4.69) is 0 Å². The van der Waals surface area contributed by atoms with Gasteiger partial charge in [-0.25, -0.2) is 8.42 Å². The Morgan fingerprint density at radius 3 is 2.10 bits per heavy atom. The Morgan fingerprint density at radius 1 is 1.00 bits per heavy atom. The number of ketones is 1. The Labute approximate surface area is 129 Å². The molecule has 0 saturated carbocycles. The second kappa shape index (κ2) is 6.45. The fourth-order valence-corrected chi connectivity index (χ4v) is 3.18. The van der Waals surface area contributed by atoms with Crippen molar-refractivity contribution in [3.8, 4) is 0 Å². The van der Waals surface area contributed by atoms with Crippen LogP contribution in [0, 0.1) is 6.92 Å². The molecule has 3 nitrogen and oxygen atoms in total. The number of sulfone groups is 1. The summed E-state index contributed by atoms with van der Waals surface area (Å²) in [6.45, 7) is 1.98. The largest absolute Gasteiger partial charge is 0.293 e. The molecule has 0 radical (unpaired) electrons. The van der Waals surface area contributed by atoms with E-state index in [0.29, 0.717) is 11.3 Å².